The van der Waals surface area contributed by atoms with E-state index in [1.807, 2.05) is 36.4 Å². The molecule has 2 atom stereocenters. The van der Waals surface area contributed by atoms with E-state index in [2.05, 4.69) is 0 Å². The van der Waals surface area contributed by atoms with Crippen molar-refractivity contribution in [3.8, 4) is 0 Å². The smallest absolute Gasteiger partial charge is 0.262 e. The van der Waals surface area contributed by atoms with Crippen LogP contribution in [0.3, 0.4) is 0 Å². The Labute approximate surface area is 177 Å². The van der Waals surface area contributed by atoms with Gasteiger partial charge in [-0.15, -0.1) is 0 Å². The van der Waals surface area contributed by atoms with Crippen LogP contribution in [0.5, 0.6) is 0 Å². The molecule has 0 bridgehead atoms. The maximum Gasteiger partial charge on any atom is 0.262 e. The van der Waals surface area contributed by atoms with E-state index in [0.717, 1.165) is 22.2 Å². The van der Waals surface area contributed by atoms with Crippen LogP contribution in [0.2, 0.25) is 0 Å². The molecule has 4 aromatic rings. The first-order valence-corrected chi connectivity index (χ1v) is 10.4. The molecule has 154 valence electrons. The van der Waals surface area contributed by atoms with E-state index in [0.29, 0.717) is 29.7 Å². The second-order valence-corrected chi connectivity index (χ2v) is 8.26. The van der Waals surface area contributed by atoms with Crippen LogP contribution in [0.1, 0.15) is 47.8 Å². The normalized spacial score (nSPS) is 19.9. The van der Waals surface area contributed by atoms with Crippen LogP contribution >= 0.6 is 0 Å². The second-order valence-electron chi connectivity index (χ2n) is 8.26. The largest absolute Gasteiger partial charge is 0.325 e. The molecule has 0 N–H and O–H groups in total. The number of benzene rings is 2. The Morgan fingerprint density at radius 1 is 1.03 bits per heavy atom. The summed E-state index contributed by atoms with van der Waals surface area (Å²) in [5.41, 5.74) is 2.98. The minimum Gasteiger partial charge on any atom is -0.325 e. The lowest BCUT2D eigenvalue weighted by molar-refractivity contribution is -0.139. The van der Waals surface area contributed by atoms with Gasteiger partial charge in [0.2, 0.25) is 11.8 Å². The molecule has 1 amide bonds. The van der Waals surface area contributed by atoms with Crippen LogP contribution < -0.4 is 5.56 Å². The fourth-order valence-electron chi connectivity index (χ4n) is 5.30. The van der Waals surface area contributed by atoms with Crippen molar-refractivity contribution < 1.29 is 9.59 Å². The molecule has 0 saturated heterocycles. The summed E-state index contributed by atoms with van der Waals surface area (Å²) < 4.78 is 3.21. The summed E-state index contributed by atoms with van der Waals surface area (Å²) in [5, 5.41) is 1.50. The number of nitrogens with zero attached hydrogens (tertiary/aromatic N) is 4. The van der Waals surface area contributed by atoms with Crippen LogP contribution in [-0.4, -0.2) is 37.4 Å². The van der Waals surface area contributed by atoms with E-state index >= 15 is 0 Å². The highest BCUT2D eigenvalue weighted by molar-refractivity contribution is 5.96. The predicted octanol–water partition coefficient (Wildman–Crippen LogP) is 3.06. The van der Waals surface area contributed by atoms with Gasteiger partial charge in [0.25, 0.3) is 5.56 Å². The van der Waals surface area contributed by atoms with E-state index in [1.165, 1.54) is 11.5 Å². The number of carbonyl (C=O) groups excluding carboxylic acids is 2. The molecular formula is C24H20N4O3. The standard InChI is InChI=1S/C24H20N4O3/c1-13-23(30)26-12-11-16-15-7-4-6-10-19(15)28(14(2)29)20(16)21(26)22-25-18-9-5-3-8-17(18)24(31)27(13)22/h3-10,13,21H,11-12H2,1-2H3/t13-,21+/m0/s1. The molecule has 2 aliphatic rings. The number of rotatable bonds is 0. The van der Waals surface area contributed by atoms with E-state index in [-0.39, 0.29) is 17.4 Å². The molecule has 2 aromatic carbocycles. The monoisotopic (exact) mass is 412 g/mol. The summed E-state index contributed by atoms with van der Waals surface area (Å²) in [4.78, 5) is 46.2. The van der Waals surface area contributed by atoms with Gasteiger partial charge in [-0.2, -0.15) is 0 Å². The van der Waals surface area contributed by atoms with Gasteiger partial charge in [-0.25, -0.2) is 4.98 Å². The lowest BCUT2D eigenvalue weighted by atomic mass is 9.93. The molecule has 2 aliphatic heterocycles. The van der Waals surface area contributed by atoms with E-state index < -0.39 is 12.1 Å². The van der Waals surface area contributed by atoms with Crippen LogP contribution in [0.25, 0.3) is 21.8 Å². The molecule has 0 unspecified atom stereocenters. The van der Waals surface area contributed by atoms with Gasteiger partial charge in [0.05, 0.1) is 22.1 Å². The Balaban J connectivity index is 1.76. The third-order valence-electron chi connectivity index (χ3n) is 6.62. The number of fused-ring (bicyclic) bond motifs is 8. The van der Waals surface area contributed by atoms with E-state index in [4.69, 9.17) is 4.98 Å². The Morgan fingerprint density at radius 2 is 1.74 bits per heavy atom. The first-order valence-electron chi connectivity index (χ1n) is 10.4. The SMILES string of the molecule is CC(=O)n1c2c(c3ccccc31)CCN1C(=O)[C@H](C)n3c(nc4ccccc4c3=O)[C@@H]21. The van der Waals surface area contributed by atoms with Crippen molar-refractivity contribution in [2.45, 2.75) is 32.4 Å². The molecule has 7 heteroatoms. The van der Waals surface area contributed by atoms with Gasteiger partial charge >= 0.3 is 0 Å². The average Bonchev–Trinajstić information content (AvgIpc) is 3.12. The van der Waals surface area contributed by atoms with Gasteiger partial charge in [-0.3, -0.25) is 23.5 Å². The van der Waals surface area contributed by atoms with Gasteiger partial charge in [-0.1, -0.05) is 30.3 Å². The molecule has 0 spiro atoms. The summed E-state index contributed by atoms with van der Waals surface area (Å²) in [6.45, 7) is 3.80. The molecule has 4 heterocycles. The van der Waals surface area contributed by atoms with Crippen molar-refractivity contribution >= 4 is 33.6 Å². The summed E-state index contributed by atoms with van der Waals surface area (Å²) in [7, 11) is 0. The molecule has 6 rings (SSSR count). The minimum atomic E-state index is -0.646. The van der Waals surface area contributed by atoms with Crippen molar-refractivity contribution in [2.24, 2.45) is 0 Å². The number of hydrogen-bond acceptors (Lipinski definition) is 4. The summed E-state index contributed by atoms with van der Waals surface area (Å²) >= 11 is 0. The third kappa shape index (κ3) is 2.23. The van der Waals surface area contributed by atoms with Crippen molar-refractivity contribution in [3.63, 3.8) is 0 Å². The van der Waals surface area contributed by atoms with E-state index in [9.17, 15) is 14.4 Å². The summed E-state index contributed by atoms with van der Waals surface area (Å²) in [6, 6.07) is 13.8. The van der Waals surface area contributed by atoms with Crippen LogP contribution in [0.4, 0.5) is 0 Å². The first kappa shape index (κ1) is 18.1. The predicted molar refractivity (Wildman–Crippen MR) is 116 cm³/mol. The Bertz CT molecular complexity index is 1500. The number of hydrogen-bond donors (Lipinski definition) is 0. The topological polar surface area (TPSA) is 77.2 Å². The van der Waals surface area contributed by atoms with Crippen LogP contribution in [0.15, 0.2) is 53.3 Å². The van der Waals surface area contributed by atoms with Gasteiger partial charge in [0.15, 0.2) is 0 Å². The Kier molecular flexibility index (Phi) is 3.57. The van der Waals surface area contributed by atoms with Gasteiger partial charge in [0, 0.05) is 18.9 Å². The highest BCUT2D eigenvalue weighted by Crippen LogP contribution is 2.43. The molecule has 0 fully saturated rings. The van der Waals surface area contributed by atoms with Gasteiger partial charge in [0.1, 0.15) is 17.9 Å². The molecule has 31 heavy (non-hydrogen) atoms. The first-order chi connectivity index (χ1) is 15.0. The van der Waals surface area contributed by atoms with Gasteiger partial charge < -0.3 is 4.90 Å². The maximum absolute atomic E-state index is 13.4. The van der Waals surface area contributed by atoms with E-state index in [1.54, 1.807) is 28.5 Å². The fourth-order valence-corrected chi connectivity index (χ4v) is 5.30. The lowest BCUT2D eigenvalue weighted by Gasteiger charge is -2.43. The summed E-state index contributed by atoms with van der Waals surface area (Å²) in [6.07, 6.45) is 0.656. The third-order valence-corrected chi connectivity index (χ3v) is 6.62. The zero-order chi connectivity index (χ0) is 21.4. The van der Waals surface area contributed by atoms with Crippen molar-refractivity contribution in [1.82, 2.24) is 19.0 Å². The van der Waals surface area contributed by atoms with Crippen molar-refractivity contribution in [2.75, 3.05) is 6.54 Å². The highest BCUT2D eigenvalue weighted by atomic mass is 16.2. The fraction of sp³-hybridized carbons (Fsp3) is 0.250. The van der Waals surface area contributed by atoms with Crippen molar-refractivity contribution in [1.29, 1.82) is 0 Å². The second kappa shape index (κ2) is 6.14. The molecule has 0 saturated carbocycles. The molecule has 0 radical (unpaired) electrons. The Morgan fingerprint density at radius 3 is 2.52 bits per heavy atom. The van der Waals surface area contributed by atoms with Crippen LogP contribution in [0, 0.1) is 0 Å². The number of aromatic nitrogens is 3. The minimum absolute atomic E-state index is 0.123. The van der Waals surface area contributed by atoms with Gasteiger partial charge in [-0.05, 0) is 37.1 Å². The quantitative estimate of drug-likeness (QED) is 0.445. The molecule has 7 nitrogen and oxygen atoms in total. The lowest BCUT2D eigenvalue weighted by Crippen LogP contribution is -2.52. The Hall–Kier alpha value is -3.74. The molecule has 0 aliphatic carbocycles. The zero-order valence-electron chi connectivity index (χ0n) is 17.2. The number of para-hydroxylation sites is 2. The highest BCUT2D eigenvalue weighted by Gasteiger charge is 2.45. The molecular weight excluding hydrogens is 392 g/mol. The zero-order valence-corrected chi connectivity index (χ0v) is 17.2. The summed E-state index contributed by atoms with van der Waals surface area (Å²) in [5.74, 6) is 0.268. The van der Waals surface area contributed by atoms with Crippen molar-refractivity contribution in [3.05, 3.63) is 76.0 Å². The maximum atomic E-state index is 13.4. The number of amides is 1. The average molecular weight is 412 g/mol. The molecule has 2 aromatic heterocycles. The van der Waals surface area contributed by atoms with Crippen LogP contribution in [-0.2, 0) is 11.2 Å². The number of carbonyl (C=O) groups is 2.